The van der Waals surface area contributed by atoms with Crippen LogP contribution >= 0.6 is 0 Å². The number of benzene rings is 1. The molecule has 1 aliphatic rings. The van der Waals surface area contributed by atoms with Crippen molar-refractivity contribution in [1.82, 2.24) is 0 Å². The zero-order valence-electron chi connectivity index (χ0n) is 10.4. The Hall–Kier alpha value is -1.02. The Kier molecular flexibility index (Phi) is 3.49. The topological polar surface area (TPSA) is 12.5 Å². The molecule has 1 aromatic rings. The quantitative estimate of drug-likeness (QED) is 0.774. The van der Waals surface area contributed by atoms with E-state index in [2.05, 4.69) is 43.0 Å². The lowest BCUT2D eigenvalue weighted by Crippen LogP contribution is -2.22. The Bertz CT molecular complexity index is 348. The average Bonchev–Trinajstić information content (AvgIpc) is 2.77. The van der Waals surface area contributed by atoms with Crippen LogP contribution in [-0.2, 0) is 4.74 Å². The van der Waals surface area contributed by atoms with Gasteiger partial charge < -0.3 is 9.64 Å². The van der Waals surface area contributed by atoms with Crippen LogP contribution in [0.15, 0.2) is 24.3 Å². The summed E-state index contributed by atoms with van der Waals surface area (Å²) in [4.78, 5) is 2.42. The lowest BCUT2D eigenvalue weighted by molar-refractivity contribution is 0.121. The summed E-state index contributed by atoms with van der Waals surface area (Å²) >= 11 is 0. The summed E-state index contributed by atoms with van der Waals surface area (Å²) in [6, 6.07) is 8.87. The van der Waals surface area contributed by atoms with Gasteiger partial charge in [-0.15, -0.1) is 0 Å². The third-order valence-electron chi connectivity index (χ3n) is 3.38. The average molecular weight is 219 g/mol. The molecule has 0 aromatic heterocycles. The molecule has 0 amide bonds. The van der Waals surface area contributed by atoms with Crippen molar-refractivity contribution in [1.29, 1.82) is 0 Å². The first-order valence-electron chi connectivity index (χ1n) is 6.08. The molecule has 16 heavy (non-hydrogen) atoms. The molecule has 2 nitrogen and oxygen atoms in total. The smallest absolute Gasteiger partial charge is 0.0762 e. The van der Waals surface area contributed by atoms with Crippen LogP contribution in [0.25, 0.3) is 0 Å². The molecule has 1 saturated heterocycles. The van der Waals surface area contributed by atoms with Gasteiger partial charge in [-0.3, -0.25) is 0 Å². The van der Waals surface area contributed by atoms with Crippen molar-refractivity contribution in [2.75, 3.05) is 25.1 Å². The molecular formula is C14H21NO. The predicted octanol–water partition coefficient (Wildman–Crippen LogP) is 3.04. The largest absolute Gasteiger partial charge is 0.380 e. The molecule has 1 unspecified atom stereocenters. The van der Waals surface area contributed by atoms with E-state index in [9.17, 15) is 0 Å². The van der Waals surface area contributed by atoms with Crippen molar-refractivity contribution in [2.24, 2.45) is 0 Å². The molecule has 2 rings (SSSR count). The highest BCUT2D eigenvalue weighted by molar-refractivity contribution is 5.50. The van der Waals surface area contributed by atoms with Gasteiger partial charge >= 0.3 is 0 Å². The van der Waals surface area contributed by atoms with Crippen LogP contribution < -0.4 is 4.90 Å². The molecule has 88 valence electrons. The van der Waals surface area contributed by atoms with E-state index in [-0.39, 0.29) is 0 Å². The first-order chi connectivity index (χ1) is 7.70. The molecule has 2 heteroatoms. The Morgan fingerprint density at radius 1 is 1.38 bits per heavy atom. The fraction of sp³-hybridized carbons (Fsp3) is 0.571. The highest BCUT2D eigenvalue weighted by Crippen LogP contribution is 2.25. The van der Waals surface area contributed by atoms with Crippen LogP contribution in [-0.4, -0.2) is 26.3 Å². The van der Waals surface area contributed by atoms with Crippen LogP contribution in [0.5, 0.6) is 0 Å². The summed E-state index contributed by atoms with van der Waals surface area (Å²) in [7, 11) is 1.80. The zero-order chi connectivity index (χ0) is 11.5. The van der Waals surface area contributed by atoms with Gasteiger partial charge in [-0.05, 0) is 30.0 Å². The van der Waals surface area contributed by atoms with Gasteiger partial charge in [0.1, 0.15) is 0 Å². The van der Waals surface area contributed by atoms with Gasteiger partial charge in [-0.2, -0.15) is 0 Å². The van der Waals surface area contributed by atoms with E-state index in [1.165, 1.54) is 11.3 Å². The third kappa shape index (κ3) is 2.38. The molecule has 1 aromatic carbocycles. The number of ether oxygens (including phenoxy) is 1. The van der Waals surface area contributed by atoms with Crippen LogP contribution in [0.4, 0.5) is 5.69 Å². The second kappa shape index (κ2) is 4.88. The van der Waals surface area contributed by atoms with Gasteiger partial charge in [0.05, 0.1) is 6.10 Å². The summed E-state index contributed by atoms with van der Waals surface area (Å²) in [5.41, 5.74) is 2.75. The Balaban J connectivity index is 2.12. The molecule has 0 saturated carbocycles. The SMILES string of the molecule is COC1CCN(c2cccc(C(C)C)c2)C1. The minimum atomic E-state index is 0.405. The maximum atomic E-state index is 5.40. The van der Waals surface area contributed by atoms with E-state index in [0.29, 0.717) is 12.0 Å². The zero-order valence-corrected chi connectivity index (χ0v) is 10.4. The van der Waals surface area contributed by atoms with Crippen molar-refractivity contribution in [3.8, 4) is 0 Å². The van der Waals surface area contributed by atoms with Gasteiger partial charge in [-0.25, -0.2) is 0 Å². The fourth-order valence-corrected chi connectivity index (χ4v) is 2.24. The summed E-state index contributed by atoms with van der Waals surface area (Å²) in [5.74, 6) is 0.598. The maximum absolute atomic E-state index is 5.40. The van der Waals surface area contributed by atoms with Gasteiger partial charge in [-0.1, -0.05) is 26.0 Å². The van der Waals surface area contributed by atoms with E-state index in [1.54, 1.807) is 7.11 Å². The molecule has 0 aliphatic carbocycles. The number of hydrogen-bond donors (Lipinski definition) is 0. The van der Waals surface area contributed by atoms with E-state index in [1.807, 2.05) is 0 Å². The molecular weight excluding hydrogens is 198 g/mol. The molecule has 0 N–H and O–H groups in total. The van der Waals surface area contributed by atoms with E-state index in [4.69, 9.17) is 4.74 Å². The van der Waals surface area contributed by atoms with E-state index >= 15 is 0 Å². The van der Waals surface area contributed by atoms with Crippen LogP contribution in [0, 0.1) is 0 Å². The minimum Gasteiger partial charge on any atom is -0.380 e. The van der Waals surface area contributed by atoms with Gasteiger partial charge in [0.15, 0.2) is 0 Å². The summed E-state index contributed by atoms with van der Waals surface area (Å²) in [5, 5.41) is 0. The summed E-state index contributed by atoms with van der Waals surface area (Å²) in [6.07, 6.45) is 1.55. The highest BCUT2D eigenvalue weighted by Gasteiger charge is 2.22. The third-order valence-corrected chi connectivity index (χ3v) is 3.38. The fourth-order valence-electron chi connectivity index (χ4n) is 2.24. The van der Waals surface area contributed by atoms with Crippen LogP contribution in [0.3, 0.4) is 0 Å². The Morgan fingerprint density at radius 3 is 2.81 bits per heavy atom. The van der Waals surface area contributed by atoms with E-state index in [0.717, 1.165) is 19.5 Å². The number of hydrogen-bond acceptors (Lipinski definition) is 2. The molecule has 1 aliphatic heterocycles. The van der Waals surface area contributed by atoms with Gasteiger partial charge in [0.2, 0.25) is 0 Å². The van der Waals surface area contributed by atoms with Crippen molar-refractivity contribution >= 4 is 5.69 Å². The standard InChI is InChI=1S/C14H21NO/c1-11(2)12-5-4-6-13(9-12)15-8-7-14(10-15)16-3/h4-6,9,11,14H,7-8,10H2,1-3H3. The molecule has 1 atom stereocenters. The second-order valence-electron chi connectivity index (χ2n) is 4.84. The first kappa shape index (κ1) is 11.5. The monoisotopic (exact) mass is 219 g/mol. The first-order valence-corrected chi connectivity index (χ1v) is 6.08. The molecule has 1 fully saturated rings. The summed E-state index contributed by atoms with van der Waals surface area (Å²) < 4.78 is 5.40. The van der Waals surface area contributed by atoms with Crippen molar-refractivity contribution in [3.05, 3.63) is 29.8 Å². The number of methoxy groups -OCH3 is 1. The van der Waals surface area contributed by atoms with Crippen molar-refractivity contribution in [3.63, 3.8) is 0 Å². The molecule has 1 heterocycles. The predicted molar refractivity (Wildman–Crippen MR) is 68.2 cm³/mol. The van der Waals surface area contributed by atoms with Crippen LogP contribution in [0.1, 0.15) is 31.7 Å². The van der Waals surface area contributed by atoms with Crippen molar-refractivity contribution < 1.29 is 4.74 Å². The molecule has 0 bridgehead atoms. The lowest BCUT2D eigenvalue weighted by Gasteiger charge is -2.19. The van der Waals surface area contributed by atoms with Gasteiger partial charge in [0.25, 0.3) is 0 Å². The second-order valence-corrected chi connectivity index (χ2v) is 4.84. The minimum absolute atomic E-state index is 0.405. The summed E-state index contributed by atoms with van der Waals surface area (Å²) in [6.45, 7) is 6.61. The lowest BCUT2D eigenvalue weighted by atomic mass is 10.0. The number of nitrogens with zero attached hydrogens (tertiary/aromatic N) is 1. The normalized spacial score (nSPS) is 20.8. The Labute approximate surface area is 98.2 Å². The molecule has 0 radical (unpaired) electrons. The van der Waals surface area contributed by atoms with Crippen LogP contribution in [0.2, 0.25) is 0 Å². The highest BCUT2D eigenvalue weighted by atomic mass is 16.5. The van der Waals surface area contributed by atoms with Crippen molar-refractivity contribution in [2.45, 2.75) is 32.3 Å². The number of anilines is 1. The van der Waals surface area contributed by atoms with E-state index < -0.39 is 0 Å². The van der Waals surface area contributed by atoms with Gasteiger partial charge in [0, 0.05) is 25.9 Å². The Morgan fingerprint density at radius 2 is 2.19 bits per heavy atom. The maximum Gasteiger partial charge on any atom is 0.0762 e. The molecule has 0 spiro atoms. The number of rotatable bonds is 3.